The molecule has 2 aromatic rings. The van der Waals surface area contributed by atoms with Crippen molar-refractivity contribution >= 4 is 28.0 Å². The van der Waals surface area contributed by atoms with E-state index in [1.165, 1.54) is 37.2 Å². The van der Waals surface area contributed by atoms with E-state index in [9.17, 15) is 9.00 Å². The number of nitrogens with one attached hydrogen (secondary N) is 1. The van der Waals surface area contributed by atoms with E-state index in [0.29, 0.717) is 18.9 Å². The van der Waals surface area contributed by atoms with Crippen molar-refractivity contribution in [2.24, 2.45) is 0 Å². The number of amides is 1. The molecular weight excluding hydrogens is 416 g/mol. The van der Waals surface area contributed by atoms with Crippen LogP contribution in [0.4, 0.5) is 0 Å². The minimum atomic E-state index is -1.20. The molecule has 5 nitrogen and oxygen atoms in total. The first-order valence-corrected chi connectivity index (χ1v) is 12.8. The third-order valence-electron chi connectivity index (χ3n) is 4.85. The summed E-state index contributed by atoms with van der Waals surface area (Å²) in [4.78, 5) is 15.7. The van der Waals surface area contributed by atoms with Gasteiger partial charge in [0.05, 0.1) is 0 Å². The van der Waals surface area contributed by atoms with Gasteiger partial charge in [0.2, 0.25) is 5.91 Å². The number of benzene rings is 1. The van der Waals surface area contributed by atoms with E-state index in [1.54, 1.807) is 11.3 Å². The number of hydrogen-bond acceptors (Lipinski definition) is 5. The highest BCUT2D eigenvalue weighted by Crippen LogP contribution is 2.24. The van der Waals surface area contributed by atoms with E-state index in [4.69, 9.17) is 4.74 Å². The molecule has 0 saturated carbocycles. The Morgan fingerprint density at radius 1 is 1.17 bits per heavy atom. The van der Waals surface area contributed by atoms with Crippen molar-refractivity contribution in [2.45, 2.75) is 31.6 Å². The van der Waals surface area contributed by atoms with Crippen molar-refractivity contribution in [1.29, 1.82) is 0 Å². The van der Waals surface area contributed by atoms with Gasteiger partial charge in [0.15, 0.2) is 0 Å². The third kappa shape index (κ3) is 8.42. The predicted octanol–water partition coefficient (Wildman–Crippen LogP) is 3.73. The summed E-state index contributed by atoms with van der Waals surface area (Å²) in [6.07, 6.45) is 7.72. The van der Waals surface area contributed by atoms with Gasteiger partial charge in [-0.15, -0.1) is 11.3 Å². The number of rotatable bonds is 11. The molecule has 0 bridgehead atoms. The maximum Gasteiger partial charge on any atom is 0.232 e. The summed E-state index contributed by atoms with van der Waals surface area (Å²) in [6, 6.07) is 11.7. The molecule has 0 radical (unpaired) electrons. The molecule has 1 aliphatic rings. The minimum Gasteiger partial charge on any atom is -0.489 e. The lowest BCUT2D eigenvalue weighted by Crippen LogP contribution is -2.28. The number of piperidine rings is 1. The molecule has 1 saturated heterocycles. The van der Waals surface area contributed by atoms with Crippen molar-refractivity contribution in [1.82, 2.24) is 10.2 Å². The maximum absolute atomic E-state index is 12.1. The highest BCUT2D eigenvalue weighted by Gasteiger charge is 2.12. The second kappa shape index (κ2) is 12.7. The Morgan fingerprint density at radius 3 is 2.77 bits per heavy atom. The van der Waals surface area contributed by atoms with Crippen LogP contribution in [0.3, 0.4) is 0 Å². The first-order valence-electron chi connectivity index (χ1n) is 10.4. The van der Waals surface area contributed by atoms with Crippen LogP contribution in [0.5, 0.6) is 5.75 Å². The SMILES string of the molecule is O=C(CS(=O)Cc1ccccc1)NCC=CCOc1csc(CN2CCCCC2)c1. The second-order valence-electron chi connectivity index (χ2n) is 7.39. The topological polar surface area (TPSA) is 58.6 Å². The van der Waals surface area contributed by atoms with Crippen molar-refractivity contribution in [3.8, 4) is 5.75 Å². The van der Waals surface area contributed by atoms with E-state index in [0.717, 1.165) is 17.9 Å². The highest BCUT2D eigenvalue weighted by atomic mass is 32.2. The van der Waals surface area contributed by atoms with Gasteiger partial charge in [0.1, 0.15) is 18.1 Å². The van der Waals surface area contributed by atoms with Crippen molar-refractivity contribution in [3.63, 3.8) is 0 Å². The smallest absolute Gasteiger partial charge is 0.232 e. The first-order chi connectivity index (χ1) is 14.7. The van der Waals surface area contributed by atoms with Gasteiger partial charge in [-0.2, -0.15) is 0 Å². The molecule has 1 N–H and O–H groups in total. The molecule has 2 heterocycles. The fourth-order valence-corrected chi connectivity index (χ4v) is 5.24. The minimum absolute atomic E-state index is 0.0218. The Labute approximate surface area is 185 Å². The van der Waals surface area contributed by atoms with Crippen LogP contribution in [0.25, 0.3) is 0 Å². The monoisotopic (exact) mass is 446 g/mol. The normalized spacial score (nSPS) is 15.9. The molecule has 0 spiro atoms. The van der Waals surface area contributed by atoms with Gasteiger partial charge < -0.3 is 10.1 Å². The average Bonchev–Trinajstić information content (AvgIpc) is 3.19. The zero-order valence-corrected chi connectivity index (χ0v) is 18.9. The van der Waals surface area contributed by atoms with E-state index in [2.05, 4.69) is 21.7 Å². The summed E-state index contributed by atoms with van der Waals surface area (Å²) >= 11 is 1.74. The molecule has 1 aromatic heterocycles. The van der Waals surface area contributed by atoms with Crippen molar-refractivity contribution < 1.29 is 13.7 Å². The molecule has 0 aliphatic carbocycles. The summed E-state index contributed by atoms with van der Waals surface area (Å²) in [5.74, 6) is 1.12. The van der Waals surface area contributed by atoms with Crippen LogP contribution in [-0.2, 0) is 27.9 Å². The number of likely N-dealkylation sites (tertiary alicyclic amines) is 1. The Bertz CT molecular complexity index is 830. The largest absolute Gasteiger partial charge is 0.489 e. The number of nitrogens with zero attached hydrogens (tertiary/aromatic N) is 1. The number of hydrogen-bond donors (Lipinski definition) is 1. The second-order valence-corrected chi connectivity index (χ2v) is 9.84. The Balaban J connectivity index is 1.27. The lowest BCUT2D eigenvalue weighted by Gasteiger charge is -2.25. The van der Waals surface area contributed by atoms with E-state index in [-0.39, 0.29) is 11.7 Å². The molecule has 3 rings (SSSR count). The first kappa shape index (κ1) is 22.7. The number of ether oxygens (including phenoxy) is 1. The standard InChI is InChI=1S/C23H30N2O3S2/c26-23(19-30(27)18-20-9-3-1-4-10-20)24-11-5-8-14-28-21-15-22(29-17-21)16-25-12-6-2-7-13-25/h1,3-5,8-10,15,17H,2,6-7,11-14,16,18-19H2,(H,24,26). The fourth-order valence-electron chi connectivity index (χ4n) is 3.33. The molecule has 1 unspecified atom stereocenters. The van der Waals surface area contributed by atoms with Gasteiger partial charge in [0, 0.05) is 39.9 Å². The lowest BCUT2D eigenvalue weighted by molar-refractivity contribution is -0.118. The van der Waals surface area contributed by atoms with Crippen LogP contribution < -0.4 is 10.1 Å². The molecule has 1 aromatic carbocycles. The van der Waals surface area contributed by atoms with E-state index in [1.807, 2.05) is 42.5 Å². The van der Waals surface area contributed by atoms with Crippen molar-refractivity contribution in [3.05, 3.63) is 64.4 Å². The van der Waals surface area contributed by atoms with Crippen LogP contribution >= 0.6 is 11.3 Å². The molecule has 162 valence electrons. The van der Waals surface area contributed by atoms with Gasteiger partial charge in [-0.05, 0) is 43.6 Å². The van der Waals surface area contributed by atoms with E-state index >= 15 is 0 Å². The number of carbonyl (C=O) groups excluding carboxylic acids is 1. The van der Waals surface area contributed by atoms with Gasteiger partial charge in [-0.25, -0.2) is 0 Å². The van der Waals surface area contributed by atoms with Crippen LogP contribution in [-0.4, -0.2) is 47.0 Å². The van der Waals surface area contributed by atoms with Gasteiger partial charge in [0.25, 0.3) is 0 Å². The predicted molar refractivity (Wildman–Crippen MR) is 124 cm³/mol. The summed E-state index contributed by atoms with van der Waals surface area (Å²) in [5.41, 5.74) is 0.980. The van der Waals surface area contributed by atoms with Crippen molar-refractivity contribution in [2.75, 3.05) is 32.0 Å². The van der Waals surface area contributed by atoms with E-state index < -0.39 is 10.8 Å². The Hall–Kier alpha value is -1.96. The molecule has 1 fully saturated rings. The lowest BCUT2D eigenvalue weighted by atomic mass is 10.1. The molecule has 30 heavy (non-hydrogen) atoms. The van der Waals surface area contributed by atoms with Crippen LogP contribution in [0.1, 0.15) is 29.7 Å². The van der Waals surface area contributed by atoms with Crippen LogP contribution in [0.15, 0.2) is 53.9 Å². The molecule has 1 atom stereocenters. The molecule has 7 heteroatoms. The molecular formula is C23H30N2O3S2. The highest BCUT2D eigenvalue weighted by molar-refractivity contribution is 7.84. The molecule has 1 amide bonds. The zero-order chi connectivity index (χ0) is 21.0. The fraction of sp³-hybridized carbons (Fsp3) is 0.435. The van der Waals surface area contributed by atoms with Crippen LogP contribution in [0.2, 0.25) is 0 Å². The Kier molecular flexibility index (Phi) is 9.60. The number of thiophene rings is 1. The summed E-state index contributed by atoms with van der Waals surface area (Å²) in [5, 5.41) is 4.82. The van der Waals surface area contributed by atoms with Gasteiger partial charge >= 0.3 is 0 Å². The van der Waals surface area contributed by atoms with Crippen LogP contribution in [0, 0.1) is 0 Å². The maximum atomic E-state index is 12.1. The summed E-state index contributed by atoms with van der Waals surface area (Å²) < 4.78 is 17.8. The summed E-state index contributed by atoms with van der Waals surface area (Å²) in [7, 11) is -1.20. The summed E-state index contributed by atoms with van der Waals surface area (Å²) in [6.45, 7) is 4.29. The molecule has 1 aliphatic heterocycles. The number of carbonyl (C=O) groups is 1. The zero-order valence-electron chi connectivity index (χ0n) is 17.3. The van der Waals surface area contributed by atoms with Gasteiger partial charge in [-0.1, -0.05) is 42.8 Å². The quantitative estimate of drug-likeness (QED) is 0.535. The average molecular weight is 447 g/mol. The van der Waals surface area contributed by atoms with Gasteiger partial charge in [-0.3, -0.25) is 13.9 Å². The third-order valence-corrected chi connectivity index (χ3v) is 6.99. The Morgan fingerprint density at radius 2 is 1.97 bits per heavy atom.